The molecule has 0 spiro atoms. The van der Waals surface area contributed by atoms with Gasteiger partial charge < -0.3 is 14.8 Å². The summed E-state index contributed by atoms with van der Waals surface area (Å²) < 4.78 is 10.9. The van der Waals surface area contributed by atoms with E-state index >= 15 is 0 Å². The molecule has 2 aromatic rings. The van der Waals surface area contributed by atoms with Gasteiger partial charge in [-0.3, -0.25) is 0 Å². The fourth-order valence-electron chi connectivity index (χ4n) is 2.01. The van der Waals surface area contributed by atoms with Crippen LogP contribution in [0.15, 0.2) is 42.5 Å². The van der Waals surface area contributed by atoms with E-state index in [0.717, 1.165) is 23.4 Å². The van der Waals surface area contributed by atoms with Crippen LogP contribution in [0.2, 0.25) is 10.0 Å². The lowest BCUT2D eigenvalue weighted by atomic mass is 10.2. The smallest absolute Gasteiger partial charge is 0.124 e. The summed E-state index contributed by atoms with van der Waals surface area (Å²) in [6, 6.07) is 13.3. The lowest BCUT2D eigenvalue weighted by molar-refractivity contribution is 0.199. The van der Waals surface area contributed by atoms with Crippen molar-refractivity contribution in [3.8, 4) is 5.75 Å². The molecular formula is C17H19Cl2NO2. The minimum atomic E-state index is 0.466. The molecule has 0 bridgehead atoms. The van der Waals surface area contributed by atoms with E-state index in [0.29, 0.717) is 29.8 Å². The van der Waals surface area contributed by atoms with Crippen molar-refractivity contribution >= 4 is 23.2 Å². The summed E-state index contributed by atoms with van der Waals surface area (Å²) in [5, 5.41) is 4.69. The highest BCUT2D eigenvalue weighted by Crippen LogP contribution is 2.24. The van der Waals surface area contributed by atoms with Gasteiger partial charge in [-0.05, 0) is 35.9 Å². The molecule has 118 valence electrons. The molecule has 5 heteroatoms. The third-order valence-corrected chi connectivity index (χ3v) is 3.57. The molecule has 0 unspecified atom stereocenters. The molecule has 1 N–H and O–H groups in total. The number of rotatable bonds is 8. The van der Waals surface area contributed by atoms with Crippen LogP contribution < -0.4 is 10.1 Å². The van der Waals surface area contributed by atoms with E-state index in [9.17, 15) is 0 Å². The summed E-state index contributed by atoms with van der Waals surface area (Å²) in [6.07, 6.45) is 0. The number of nitrogens with one attached hydrogen (secondary N) is 1. The van der Waals surface area contributed by atoms with Crippen LogP contribution in [0.4, 0.5) is 0 Å². The number of hydrogen-bond acceptors (Lipinski definition) is 3. The molecule has 2 rings (SSSR count). The Morgan fingerprint density at radius 1 is 1.05 bits per heavy atom. The van der Waals surface area contributed by atoms with Gasteiger partial charge in [0.15, 0.2) is 0 Å². The van der Waals surface area contributed by atoms with Crippen LogP contribution in [0, 0.1) is 0 Å². The largest absolute Gasteiger partial charge is 0.489 e. The predicted molar refractivity (Wildman–Crippen MR) is 90.8 cm³/mol. The van der Waals surface area contributed by atoms with Gasteiger partial charge in [-0.15, -0.1) is 0 Å². The maximum atomic E-state index is 6.07. The van der Waals surface area contributed by atoms with Crippen LogP contribution >= 0.6 is 23.2 Å². The predicted octanol–water partition coefficient (Wildman–Crippen LogP) is 4.31. The van der Waals surface area contributed by atoms with Crippen molar-refractivity contribution in [3.63, 3.8) is 0 Å². The van der Waals surface area contributed by atoms with Gasteiger partial charge in [0.1, 0.15) is 12.4 Å². The molecule has 0 radical (unpaired) electrons. The van der Waals surface area contributed by atoms with Crippen LogP contribution in [0.1, 0.15) is 11.1 Å². The molecule has 22 heavy (non-hydrogen) atoms. The van der Waals surface area contributed by atoms with Crippen molar-refractivity contribution in [2.24, 2.45) is 0 Å². The van der Waals surface area contributed by atoms with Gasteiger partial charge in [0.05, 0.1) is 6.61 Å². The monoisotopic (exact) mass is 339 g/mol. The molecule has 0 aliphatic rings. The topological polar surface area (TPSA) is 30.5 Å². The minimum Gasteiger partial charge on any atom is -0.489 e. The van der Waals surface area contributed by atoms with Crippen LogP contribution in [0.3, 0.4) is 0 Å². The average molecular weight is 340 g/mol. The molecule has 0 fully saturated rings. The van der Waals surface area contributed by atoms with Crippen molar-refractivity contribution < 1.29 is 9.47 Å². The molecule has 0 aromatic heterocycles. The summed E-state index contributed by atoms with van der Waals surface area (Å²) in [6.45, 7) is 2.58. The van der Waals surface area contributed by atoms with E-state index in [1.807, 2.05) is 42.5 Å². The second-order valence-electron chi connectivity index (χ2n) is 4.84. The molecule has 0 amide bonds. The van der Waals surface area contributed by atoms with Gasteiger partial charge in [-0.25, -0.2) is 0 Å². The minimum absolute atomic E-state index is 0.466. The lowest BCUT2D eigenvalue weighted by Crippen LogP contribution is -2.19. The quantitative estimate of drug-likeness (QED) is 0.727. The van der Waals surface area contributed by atoms with Crippen molar-refractivity contribution in [1.82, 2.24) is 5.32 Å². The first kappa shape index (κ1) is 17.1. The average Bonchev–Trinajstić information content (AvgIpc) is 2.51. The molecular weight excluding hydrogens is 321 g/mol. The van der Waals surface area contributed by atoms with Crippen LogP contribution in [-0.2, 0) is 17.9 Å². The van der Waals surface area contributed by atoms with Crippen LogP contribution in [-0.4, -0.2) is 20.3 Å². The Bertz CT molecular complexity index is 605. The Hall–Kier alpha value is -1.26. The SMILES string of the molecule is COCCNCc1cc(Cl)ccc1OCc1cccc(Cl)c1. The number of ether oxygens (including phenoxy) is 2. The number of hydrogen-bond donors (Lipinski definition) is 1. The number of methoxy groups -OCH3 is 1. The maximum Gasteiger partial charge on any atom is 0.124 e. The first-order valence-electron chi connectivity index (χ1n) is 7.04. The zero-order valence-corrected chi connectivity index (χ0v) is 14.0. The van der Waals surface area contributed by atoms with E-state index in [2.05, 4.69) is 5.32 Å². The van der Waals surface area contributed by atoms with E-state index in [4.69, 9.17) is 32.7 Å². The van der Waals surface area contributed by atoms with Gasteiger partial charge in [0.2, 0.25) is 0 Å². The number of halogens is 2. The Kier molecular flexibility index (Phi) is 7.00. The van der Waals surface area contributed by atoms with Crippen molar-refractivity contribution in [1.29, 1.82) is 0 Å². The molecule has 0 aliphatic carbocycles. The molecule has 3 nitrogen and oxygen atoms in total. The zero-order chi connectivity index (χ0) is 15.8. The van der Waals surface area contributed by atoms with E-state index in [-0.39, 0.29) is 0 Å². The summed E-state index contributed by atoms with van der Waals surface area (Å²) in [5.74, 6) is 0.814. The van der Waals surface area contributed by atoms with E-state index in [1.54, 1.807) is 7.11 Å². The second-order valence-corrected chi connectivity index (χ2v) is 5.71. The normalized spacial score (nSPS) is 10.7. The third-order valence-electron chi connectivity index (χ3n) is 3.10. The van der Waals surface area contributed by atoms with Gasteiger partial charge in [-0.2, -0.15) is 0 Å². The summed E-state index contributed by atoms with van der Waals surface area (Å²) in [4.78, 5) is 0. The number of benzene rings is 2. The van der Waals surface area contributed by atoms with Crippen LogP contribution in [0.5, 0.6) is 5.75 Å². The van der Waals surface area contributed by atoms with Crippen molar-refractivity contribution in [2.45, 2.75) is 13.2 Å². The van der Waals surface area contributed by atoms with Gasteiger partial charge in [0, 0.05) is 35.8 Å². The second kappa shape index (κ2) is 9.01. The summed E-state index contributed by atoms with van der Waals surface area (Å²) >= 11 is 12.1. The third kappa shape index (κ3) is 5.50. The lowest BCUT2D eigenvalue weighted by Gasteiger charge is -2.13. The zero-order valence-electron chi connectivity index (χ0n) is 12.4. The Labute approximate surface area is 141 Å². The first-order chi connectivity index (χ1) is 10.7. The van der Waals surface area contributed by atoms with Gasteiger partial charge in [0.25, 0.3) is 0 Å². The molecule has 0 saturated carbocycles. The Balaban J connectivity index is 1.99. The molecule has 0 heterocycles. The maximum absolute atomic E-state index is 6.07. The highest BCUT2D eigenvalue weighted by molar-refractivity contribution is 6.30. The van der Waals surface area contributed by atoms with E-state index in [1.165, 1.54) is 0 Å². The Morgan fingerprint density at radius 2 is 1.86 bits per heavy atom. The van der Waals surface area contributed by atoms with Gasteiger partial charge >= 0.3 is 0 Å². The van der Waals surface area contributed by atoms with Crippen molar-refractivity contribution in [2.75, 3.05) is 20.3 Å². The standard InChI is InChI=1S/C17H19Cl2NO2/c1-21-8-7-20-11-14-10-16(19)5-6-17(14)22-12-13-3-2-4-15(18)9-13/h2-6,9-10,20H,7-8,11-12H2,1H3. The van der Waals surface area contributed by atoms with Gasteiger partial charge in [-0.1, -0.05) is 35.3 Å². The van der Waals surface area contributed by atoms with Crippen molar-refractivity contribution in [3.05, 3.63) is 63.6 Å². The molecule has 0 atom stereocenters. The molecule has 0 saturated heterocycles. The highest BCUT2D eigenvalue weighted by Gasteiger charge is 2.05. The van der Waals surface area contributed by atoms with E-state index < -0.39 is 0 Å². The first-order valence-corrected chi connectivity index (χ1v) is 7.80. The Morgan fingerprint density at radius 3 is 2.64 bits per heavy atom. The highest BCUT2D eigenvalue weighted by atomic mass is 35.5. The fraction of sp³-hybridized carbons (Fsp3) is 0.294. The summed E-state index contributed by atoms with van der Waals surface area (Å²) in [5.41, 5.74) is 2.05. The molecule has 2 aromatic carbocycles. The van der Waals surface area contributed by atoms with Crippen LogP contribution in [0.25, 0.3) is 0 Å². The summed E-state index contributed by atoms with van der Waals surface area (Å²) in [7, 11) is 1.68. The fourth-order valence-corrected chi connectivity index (χ4v) is 2.42. The molecule has 0 aliphatic heterocycles.